The molecule has 138 valence electrons. The van der Waals surface area contributed by atoms with E-state index in [1.54, 1.807) is 20.4 Å². The smallest absolute Gasteiger partial charge is 0.157 e. The summed E-state index contributed by atoms with van der Waals surface area (Å²) in [5.41, 5.74) is 9.08. The first-order valence-electron chi connectivity index (χ1n) is 8.76. The number of nitrogens with two attached hydrogens (primary N) is 1. The molecule has 1 atom stereocenters. The topological polar surface area (TPSA) is 89.3 Å². The lowest BCUT2D eigenvalue weighted by Crippen LogP contribution is -2.26. The van der Waals surface area contributed by atoms with Crippen molar-refractivity contribution < 1.29 is 9.47 Å². The molecule has 7 nitrogen and oxygen atoms in total. The third-order valence-corrected chi connectivity index (χ3v) is 4.61. The summed E-state index contributed by atoms with van der Waals surface area (Å²) in [4.78, 5) is 14.5. The number of methoxy groups -OCH3 is 2. The number of hydrogen-bond acceptors (Lipinski definition) is 6. The van der Waals surface area contributed by atoms with E-state index in [9.17, 15) is 0 Å². The van der Waals surface area contributed by atoms with Crippen molar-refractivity contribution in [1.82, 2.24) is 15.0 Å². The van der Waals surface area contributed by atoms with E-state index in [1.807, 2.05) is 24.4 Å². The number of nitrogens with one attached hydrogen (secondary N) is 1. The average Bonchev–Trinajstić information content (AvgIpc) is 3.31. The molecule has 0 spiro atoms. The molecule has 0 aliphatic carbocycles. The lowest BCUT2D eigenvalue weighted by Gasteiger charge is -2.15. The van der Waals surface area contributed by atoms with Crippen LogP contribution < -0.4 is 20.1 Å². The Labute approximate surface area is 157 Å². The number of hydrogen-bond donors (Lipinski definition) is 2. The molecular formula is C20H21N5O2. The van der Waals surface area contributed by atoms with Crippen molar-refractivity contribution in [3.63, 3.8) is 0 Å². The molecule has 2 aromatic heterocycles. The van der Waals surface area contributed by atoms with Gasteiger partial charge in [0.15, 0.2) is 5.65 Å². The standard InChI is InChI=1S/C20H21N5O2/c1-26-16-7-13(8-17(9-16)27-2)3-4-14-10-22-20-19(14)24-18(11-23-20)25-6-5-15(21)12-25/h7-11,15H,5-6,12,21H2,1-2H3,(H,22,23)/t15-/m0/s1. The van der Waals surface area contributed by atoms with Crippen molar-refractivity contribution >= 4 is 17.0 Å². The first-order valence-corrected chi connectivity index (χ1v) is 8.76. The molecule has 0 radical (unpaired) electrons. The SMILES string of the molecule is COc1cc(C#Cc2c[nH]c3ncc(N4CC[C@H](N)C4)nc23)cc(OC)c1. The fourth-order valence-electron chi connectivity index (χ4n) is 3.14. The number of ether oxygens (including phenoxy) is 2. The molecule has 3 heterocycles. The quantitative estimate of drug-likeness (QED) is 0.691. The summed E-state index contributed by atoms with van der Waals surface area (Å²) in [6, 6.07) is 5.74. The maximum Gasteiger partial charge on any atom is 0.157 e. The van der Waals surface area contributed by atoms with Gasteiger partial charge in [0.2, 0.25) is 0 Å². The number of aromatic amines is 1. The third-order valence-electron chi connectivity index (χ3n) is 4.61. The Hall–Kier alpha value is -3.24. The Bertz CT molecular complexity index is 1010. The van der Waals surface area contributed by atoms with Crippen molar-refractivity contribution in [2.75, 3.05) is 32.2 Å². The molecule has 4 rings (SSSR count). The van der Waals surface area contributed by atoms with Crippen molar-refractivity contribution in [1.29, 1.82) is 0 Å². The second-order valence-corrected chi connectivity index (χ2v) is 6.47. The van der Waals surface area contributed by atoms with Crippen LogP contribution in [0.4, 0.5) is 5.82 Å². The second-order valence-electron chi connectivity index (χ2n) is 6.47. The molecule has 0 unspecified atom stereocenters. The van der Waals surface area contributed by atoms with Gasteiger partial charge in [-0.1, -0.05) is 11.8 Å². The first-order chi connectivity index (χ1) is 13.2. The highest BCUT2D eigenvalue weighted by molar-refractivity contribution is 5.80. The van der Waals surface area contributed by atoms with Crippen LogP contribution in [0.25, 0.3) is 11.2 Å². The van der Waals surface area contributed by atoms with Crippen LogP contribution in [0.1, 0.15) is 17.5 Å². The lowest BCUT2D eigenvalue weighted by atomic mass is 10.2. The van der Waals surface area contributed by atoms with E-state index in [1.165, 1.54) is 0 Å². The number of fused-ring (bicyclic) bond motifs is 1. The summed E-state index contributed by atoms with van der Waals surface area (Å²) in [7, 11) is 3.24. The summed E-state index contributed by atoms with van der Waals surface area (Å²) < 4.78 is 10.6. The van der Waals surface area contributed by atoms with Gasteiger partial charge in [-0.15, -0.1) is 0 Å². The largest absolute Gasteiger partial charge is 0.497 e. The maximum atomic E-state index is 6.01. The van der Waals surface area contributed by atoms with Crippen LogP contribution in [0.5, 0.6) is 11.5 Å². The monoisotopic (exact) mass is 363 g/mol. The minimum Gasteiger partial charge on any atom is -0.497 e. The van der Waals surface area contributed by atoms with Gasteiger partial charge in [0.25, 0.3) is 0 Å². The summed E-state index contributed by atoms with van der Waals surface area (Å²) in [6.45, 7) is 1.70. The van der Waals surface area contributed by atoms with Crippen LogP contribution >= 0.6 is 0 Å². The van der Waals surface area contributed by atoms with E-state index in [2.05, 4.69) is 26.7 Å². The van der Waals surface area contributed by atoms with Gasteiger partial charge in [0.1, 0.15) is 22.8 Å². The minimum atomic E-state index is 0.191. The number of nitrogens with zero attached hydrogens (tertiary/aromatic N) is 3. The van der Waals surface area contributed by atoms with E-state index >= 15 is 0 Å². The number of rotatable bonds is 3. The highest BCUT2D eigenvalue weighted by atomic mass is 16.5. The normalized spacial score (nSPS) is 16.3. The zero-order chi connectivity index (χ0) is 18.8. The predicted octanol–water partition coefficient (Wildman–Crippen LogP) is 1.91. The van der Waals surface area contributed by atoms with Crippen LogP contribution in [0.2, 0.25) is 0 Å². The number of aromatic nitrogens is 3. The molecule has 1 aromatic carbocycles. The molecular weight excluding hydrogens is 342 g/mol. The highest BCUT2D eigenvalue weighted by Gasteiger charge is 2.21. The summed E-state index contributed by atoms with van der Waals surface area (Å²) in [5, 5.41) is 0. The zero-order valence-corrected chi connectivity index (χ0v) is 15.3. The van der Waals surface area contributed by atoms with Gasteiger partial charge in [-0.25, -0.2) is 9.97 Å². The Morgan fingerprint density at radius 3 is 2.63 bits per heavy atom. The summed E-state index contributed by atoms with van der Waals surface area (Å²) >= 11 is 0. The van der Waals surface area contributed by atoms with E-state index in [0.717, 1.165) is 47.6 Å². The molecule has 1 fully saturated rings. The van der Waals surface area contributed by atoms with Gasteiger partial charge in [-0.05, 0) is 18.6 Å². The third kappa shape index (κ3) is 3.52. The van der Waals surface area contributed by atoms with Crippen LogP contribution in [0, 0.1) is 11.8 Å². The Balaban J connectivity index is 1.68. The van der Waals surface area contributed by atoms with Crippen LogP contribution in [0.15, 0.2) is 30.6 Å². The molecule has 3 aromatic rings. The van der Waals surface area contributed by atoms with Gasteiger partial charge in [0, 0.05) is 37.0 Å². The van der Waals surface area contributed by atoms with E-state index in [-0.39, 0.29) is 6.04 Å². The second kappa shape index (κ2) is 7.17. The van der Waals surface area contributed by atoms with Gasteiger partial charge in [-0.2, -0.15) is 0 Å². The molecule has 0 amide bonds. The van der Waals surface area contributed by atoms with Gasteiger partial charge < -0.3 is 25.1 Å². The molecule has 3 N–H and O–H groups in total. The van der Waals surface area contributed by atoms with Crippen LogP contribution in [-0.2, 0) is 0 Å². The van der Waals surface area contributed by atoms with Crippen molar-refractivity contribution in [2.24, 2.45) is 5.73 Å². The van der Waals surface area contributed by atoms with Gasteiger partial charge in [0.05, 0.1) is 26.0 Å². The molecule has 1 saturated heterocycles. The number of benzene rings is 1. The predicted molar refractivity (Wildman–Crippen MR) is 104 cm³/mol. The Morgan fingerprint density at radius 1 is 1.19 bits per heavy atom. The first kappa shape index (κ1) is 17.2. The Kier molecular flexibility index (Phi) is 4.57. The number of anilines is 1. The van der Waals surface area contributed by atoms with Crippen LogP contribution in [-0.4, -0.2) is 48.3 Å². The molecule has 0 bridgehead atoms. The fourth-order valence-corrected chi connectivity index (χ4v) is 3.14. The van der Waals surface area contributed by atoms with Crippen molar-refractivity contribution in [3.05, 3.63) is 41.7 Å². The molecule has 27 heavy (non-hydrogen) atoms. The number of H-pyrrole nitrogens is 1. The van der Waals surface area contributed by atoms with Crippen LogP contribution in [0.3, 0.4) is 0 Å². The minimum absolute atomic E-state index is 0.191. The Morgan fingerprint density at radius 2 is 1.96 bits per heavy atom. The van der Waals surface area contributed by atoms with Gasteiger partial charge >= 0.3 is 0 Å². The molecule has 1 aliphatic rings. The maximum absolute atomic E-state index is 6.01. The lowest BCUT2D eigenvalue weighted by molar-refractivity contribution is 0.394. The highest BCUT2D eigenvalue weighted by Crippen LogP contribution is 2.23. The molecule has 0 saturated carbocycles. The van der Waals surface area contributed by atoms with Crippen molar-refractivity contribution in [3.8, 4) is 23.3 Å². The van der Waals surface area contributed by atoms with Crippen molar-refractivity contribution in [2.45, 2.75) is 12.5 Å². The zero-order valence-electron chi connectivity index (χ0n) is 15.3. The van der Waals surface area contributed by atoms with E-state index < -0.39 is 0 Å². The summed E-state index contributed by atoms with van der Waals surface area (Å²) in [6.07, 6.45) is 4.58. The van der Waals surface area contributed by atoms with E-state index in [4.69, 9.17) is 20.2 Å². The molecule has 7 heteroatoms. The summed E-state index contributed by atoms with van der Waals surface area (Å²) in [5.74, 6) is 8.56. The van der Waals surface area contributed by atoms with Gasteiger partial charge in [-0.3, -0.25) is 0 Å². The average molecular weight is 363 g/mol. The fraction of sp³-hybridized carbons (Fsp3) is 0.300. The van der Waals surface area contributed by atoms with E-state index in [0.29, 0.717) is 11.5 Å². The molecule has 1 aliphatic heterocycles.